The summed E-state index contributed by atoms with van der Waals surface area (Å²) in [5.41, 5.74) is 0. The maximum atomic E-state index is 10.3. The van der Waals surface area contributed by atoms with Crippen LogP contribution >= 0.6 is 8.25 Å². The van der Waals surface area contributed by atoms with Gasteiger partial charge in [0.15, 0.2) is 0 Å². The average molecular weight is 249 g/mol. The summed E-state index contributed by atoms with van der Waals surface area (Å²) in [7, 11) is -2.40. The summed E-state index contributed by atoms with van der Waals surface area (Å²) in [6.07, 6.45) is 9.71. The third-order valence-electron chi connectivity index (χ3n) is 2.89. The molecule has 0 spiro atoms. The molecule has 3 nitrogen and oxygen atoms in total. The van der Waals surface area contributed by atoms with Crippen LogP contribution in [0.25, 0.3) is 0 Å². The predicted molar refractivity (Wildman–Crippen MR) is 67.6 cm³/mol. The van der Waals surface area contributed by atoms with E-state index in [0.29, 0.717) is 6.61 Å². The molecule has 1 unspecified atom stereocenters. The lowest BCUT2D eigenvalue weighted by Gasteiger charge is -2.15. The zero-order valence-corrected chi connectivity index (χ0v) is 11.5. The molecule has 0 saturated carbocycles. The molecule has 0 aromatic carbocycles. The van der Waals surface area contributed by atoms with Crippen LogP contribution in [0.4, 0.5) is 0 Å². The Hall–Kier alpha value is 0.0200. The molecule has 0 bridgehead atoms. The zero-order chi connectivity index (χ0) is 12.2. The lowest BCUT2D eigenvalue weighted by molar-refractivity contribution is 0.259. The fraction of sp³-hybridized carbons (Fsp3) is 1.00. The van der Waals surface area contributed by atoms with Crippen molar-refractivity contribution in [2.75, 3.05) is 6.61 Å². The SMILES string of the molecule is CCCCC(CCCC)CCCO[P+](=O)O. The standard InChI is InChI=1S/C12H25O3P/c1-3-5-8-12(9-6-4-2)10-7-11-15-16(13)14/h12H,3-11H2,1-2H3/p+1. The number of hydrogen-bond donors (Lipinski definition) is 1. The van der Waals surface area contributed by atoms with Crippen molar-refractivity contribution in [2.24, 2.45) is 5.92 Å². The third kappa shape index (κ3) is 10.5. The van der Waals surface area contributed by atoms with E-state index in [4.69, 9.17) is 4.89 Å². The van der Waals surface area contributed by atoms with E-state index in [-0.39, 0.29) is 0 Å². The van der Waals surface area contributed by atoms with Crippen molar-refractivity contribution in [3.8, 4) is 0 Å². The largest absolute Gasteiger partial charge is 0.694 e. The van der Waals surface area contributed by atoms with Crippen molar-refractivity contribution < 1.29 is 14.0 Å². The fourth-order valence-electron chi connectivity index (χ4n) is 1.93. The number of unbranched alkanes of at least 4 members (excludes halogenated alkanes) is 2. The highest BCUT2D eigenvalue weighted by Crippen LogP contribution is 2.22. The Labute approximate surface area is 101 Å². The maximum Gasteiger partial charge on any atom is 0.694 e. The highest BCUT2D eigenvalue weighted by molar-refractivity contribution is 7.32. The number of hydrogen-bond acceptors (Lipinski definition) is 2. The molecule has 16 heavy (non-hydrogen) atoms. The first-order chi connectivity index (χ1) is 7.70. The summed E-state index contributed by atoms with van der Waals surface area (Å²) in [5.74, 6) is 0.778. The van der Waals surface area contributed by atoms with E-state index in [1.165, 1.54) is 38.5 Å². The summed E-state index contributed by atoms with van der Waals surface area (Å²) in [4.78, 5) is 8.49. The average Bonchev–Trinajstić information content (AvgIpc) is 2.26. The second-order valence-corrected chi connectivity index (χ2v) is 5.10. The third-order valence-corrected chi connectivity index (χ3v) is 3.29. The minimum absolute atomic E-state index is 0.417. The van der Waals surface area contributed by atoms with E-state index in [1.807, 2.05) is 0 Å². The van der Waals surface area contributed by atoms with Gasteiger partial charge in [-0.3, -0.25) is 0 Å². The van der Waals surface area contributed by atoms with Gasteiger partial charge in [0.25, 0.3) is 0 Å². The number of rotatable bonds is 11. The van der Waals surface area contributed by atoms with Gasteiger partial charge in [-0.2, -0.15) is 0 Å². The Balaban J connectivity index is 3.59. The highest BCUT2D eigenvalue weighted by atomic mass is 31.1. The van der Waals surface area contributed by atoms with Gasteiger partial charge in [0.2, 0.25) is 0 Å². The summed E-state index contributed by atoms with van der Waals surface area (Å²) in [5, 5.41) is 0. The van der Waals surface area contributed by atoms with Gasteiger partial charge in [-0.1, -0.05) is 52.4 Å². The van der Waals surface area contributed by atoms with Gasteiger partial charge in [0.05, 0.1) is 0 Å². The molecule has 0 heterocycles. The molecule has 0 aliphatic carbocycles. The van der Waals surface area contributed by atoms with Crippen molar-refractivity contribution in [2.45, 2.75) is 65.2 Å². The van der Waals surface area contributed by atoms with Crippen LogP contribution in [0.3, 0.4) is 0 Å². The second-order valence-electron chi connectivity index (χ2n) is 4.36. The van der Waals surface area contributed by atoms with Crippen molar-refractivity contribution >= 4 is 8.25 Å². The molecule has 0 aliphatic rings. The van der Waals surface area contributed by atoms with E-state index >= 15 is 0 Å². The smallest absolute Gasteiger partial charge is 0.133 e. The van der Waals surface area contributed by atoms with Crippen molar-refractivity contribution in [3.05, 3.63) is 0 Å². The van der Waals surface area contributed by atoms with Crippen LogP contribution in [0.15, 0.2) is 0 Å². The van der Waals surface area contributed by atoms with Gasteiger partial charge in [0, 0.05) is 4.57 Å². The molecule has 1 atom stereocenters. The molecule has 1 N–H and O–H groups in total. The van der Waals surface area contributed by atoms with Crippen LogP contribution in [0.2, 0.25) is 0 Å². The van der Waals surface area contributed by atoms with Crippen LogP contribution in [-0.4, -0.2) is 11.5 Å². The normalized spacial score (nSPS) is 12.1. The molecule has 0 aliphatic heterocycles. The minimum Gasteiger partial charge on any atom is -0.133 e. The predicted octanol–water partition coefficient (Wildman–Crippen LogP) is 4.43. The fourth-order valence-corrected chi connectivity index (χ4v) is 2.22. The Morgan fingerprint density at radius 2 is 1.56 bits per heavy atom. The molecule has 0 aromatic rings. The Kier molecular flexibility index (Phi) is 11.5. The summed E-state index contributed by atoms with van der Waals surface area (Å²) in [6, 6.07) is 0. The summed E-state index contributed by atoms with van der Waals surface area (Å²) < 4.78 is 15.0. The van der Waals surface area contributed by atoms with E-state index in [9.17, 15) is 4.57 Å². The Morgan fingerprint density at radius 3 is 2.00 bits per heavy atom. The summed E-state index contributed by atoms with van der Waals surface area (Å²) >= 11 is 0. The van der Waals surface area contributed by atoms with Crippen molar-refractivity contribution in [1.82, 2.24) is 0 Å². The van der Waals surface area contributed by atoms with Gasteiger partial charge < -0.3 is 0 Å². The van der Waals surface area contributed by atoms with Gasteiger partial charge in [-0.05, 0) is 18.8 Å². The first-order valence-corrected chi connectivity index (χ1v) is 7.62. The lowest BCUT2D eigenvalue weighted by atomic mass is 9.92. The zero-order valence-electron chi connectivity index (χ0n) is 10.7. The van der Waals surface area contributed by atoms with E-state index in [0.717, 1.165) is 18.8 Å². The Bertz CT molecular complexity index is 166. The van der Waals surface area contributed by atoms with Crippen molar-refractivity contribution in [1.29, 1.82) is 0 Å². The van der Waals surface area contributed by atoms with Crippen LogP contribution in [-0.2, 0) is 9.09 Å². The highest BCUT2D eigenvalue weighted by Gasteiger charge is 2.13. The van der Waals surface area contributed by atoms with Crippen LogP contribution in [0.1, 0.15) is 65.2 Å². The molecular formula is C12H26O3P+. The van der Waals surface area contributed by atoms with Crippen molar-refractivity contribution in [3.63, 3.8) is 0 Å². The molecule has 0 radical (unpaired) electrons. The molecule has 96 valence electrons. The first-order valence-electron chi connectivity index (χ1n) is 6.49. The van der Waals surface area contributed by atoms with E-state index in [2.05, 4.69) is 18.4 Å². The molecule has 4 heteroatoms. The molecule has 0 rings (SSSR count). The quantitative estimate of drug-likeness (QED) is 0.435. The van der Waals surface area contributed by atoms with Gasteiger partial charge in [-0.15, -0.1) is 9.42 Å². The van der Waals surface area contributed by atoms with Crippen LogP contribution in [0.5, 0.6) is 0 Å². The molecular weight excluding hydrogens is 223 g/mol. The van der Waals surface area contributed by atoms with E-state index < -0.39 is 8.25 Å². The topological polar surface area (TPSA) is 46.5 Å². The van der Waals surface area contributed by atoms with Gasteiger partial charge >= 0.3 is 8.25 Å². The lowest BCUT2D eigenvalue weighted by Crippen LogP contribution is -2.02. The molecule has 0 aromatic heterocycles. The minimum atomic E-state index is -2.40. The molecule has 0 amide bonds. The van der Waals surface area contributed by atoms with Crippen LogP contribution < -0.4 is 0 Å². The maximum absolute atomic E-state index is 10.3. The van der Waals surface area contributed by atoms with E-state index in [1.54, 1.807) is 0 Å². The van der Waals surface area contributed by atoms with Crippen LogP contribution in [0, 0.1) is 5.92 Å². The van der Waals surface area contributed by atoms with Gasteiger partial charge in [-0.25, -0.2) is 0 Å². The molecule has 0 saturated heterocycles. The first kappa shape index (κ1) is 16.0. The summed E-state index contributed by atoms with van der Waals surface area (Å²) in [6.45, 7) is 4.85. The monoisotopic (exact) mass is 249 g/mol. The Morgan fingerprint density at radius 1 is 1.06 bits per heavy atom. The molecule has 0 fully saturated rings. The second kappa shape index (κ2) is 11.5. The van der Waals surface area contributed by atoms with Gasteiger partial charge in [0.1, 0.15) is 6.61 Å².